The highest BCUT2D eigenvalue weighted by molar-refractivity contribution is 7.80. The van der Waals surface area contributed by atoms with Gasteiger partial charge in [0.1, 0.15) is 0 Å². The SMILES string of the molecule is CCCC(CCC)(C(=O)NC1CC1)C(N)=S. The molecule has 0 aromatic heterocycles. The molecular formula is C12H22N2OS. The Balaban J connectivity index is 2.79. The first kappa shape index (κ1) is 13.4. The topological polar surface area (TPSA) is 55.1 Å². The van der Waals surface area contributed by atoms with Crippen LogP contribution in [0.5, 0.6) is 0 Å². The normalized spacial score (nSPS) is 15.9. The molecule has 1 amide bonds. The van der Waals surface area contributed by atoms with Crippen molar-refractivity contribution < 1.29 is 4.79 Å². The highest BCUT2D eigenvalue weighted by Crippen LogP contribution is 2.32. The average Bonchev–Trinajstić information content (AvgIpc) is 3.00. The zero-order valence-electron chi connectivity index (χ0n) is 10.2. The molecule has 0 aromatic rings. The average molecular weight is 242 g/mol. The lowest BCUT2D eigenvalue weighted by atomic mass is 9.78. The quantitative estimate of drug-likeness (QED) is 0.673. The van der Waals surface area contributed by atoms with E-state index in [2.05, 4.69) is 19.2 Å². The summed E-state index contributed by atoms with van der Waals surface area (Å²) >= 11 is 5.13. The van der Waals surface area contributed by atoms with Gasteiger partial charge in [-0.05, 0) is 25.7 Å². The summed E-state index contributed by atoms with van der Waals surface area (Å²) in [6, 6.07) is 0.370. The molecule has 1 rings (SSSR count). The Morgan fingerprint density at radius 3 is 2.19 bits per heavy atom. The van der Waals surface area contributed by atoms with Crippen LogP contribution in [-0.2, 0) is 4.79 Å². The molecular weight excluding hydrogens is 220 g/mol. The fraction of sp³-hybridized carbons (Fsp3) is 0.833. The maximum absolute atomic E-state index is 12.3. The van der Waals surface area contributed by atoms with Gasteiger partial charge in [0.2, 0.25) is 5.91 Å². The number of hydrogen-bond donors (Lipinski definition) is 2. The molecule has 0 radical (unpaired) electrons. The van der Waals surface area contributed by atoms with Gasteiger partial charge in [-0.1, -0.05) is 38.9 Å². The van der Waals surface area contributed by atoms with Crippen molar-refractivity contribution in [1.29, 1.82) is 0 Å². The molecule has 1 aliphatic carbocycles. The predicted octanol–water partition coefficient (Wildman–Crippen LogP) is 2.14. The second-order valence-electron chi connectivity index (χ2n) is 4.69. The van der Waals surface area contributed by atoms with Crippen LogP contribution < -0.4 is 11.1 Å². The lowest BCUT2D eigenvalue weighted by molar-refractivity contribution is -0.128. The van der Waals surface area contributed by atoms with E-state index in [0.29, 0.717) is 11.0 Å². The number of hydrogen-bond acceptors (Lipinski definition) is 2. The van der Waals surface area contributed by atoms with E-state index in [-0.39, 0.29) is 5.91 Å². The molecule has 0 aliphatic heterocycles. The molecule has 16 heavy (non-hydrogen) atoms. The maximum atomic E-state index is 12.3. The van der Waals surface area contributed by atoms with E-state index < -0.39 is 5.41 Å². The fourth-order valence-electron chi connectivity index (χ4n) is 2.12. The van der Waals surface area contributed by atoms with Crippen molar-refractivity contribution in [3.05, 3.63) is 0 Å². The minimum Gasteiger partial charge on any atom is -0.392 e. The molecule has 4 heteroatoms. The summed E-state index contributed by atoms with van der Waals surface area (Å²) in [6.07, 6.45) is 5.56. The Morgan fingerprint density at radius 1 is 1.38 bits per heavy atom. The number of rotatable bonds is 7. The second kappa shape index (κ2) is 5.62. The Hall–Kier alpha value is -0.640. The number of carbonyl (C=O) groups excluding carboxylic acids is 1. The lowest BCUT2D eigenvalue weighted by Gasteiger charge is -2.31. The Morgan fingerprint density at radius 2 is 1.88 bits per heavy atom. The Labute approximate surface area is 103 Å². The smallest absolute Gasteiger partial charge is 0.233 e. The van der Waals surface area contributed by atoms with Crippen molar-refractivity contribution in [3.63, 3.8) is 0 Å². The molecule has 1 fully saturated rings. The van der Waals surface area contributed by atoms with E-state index in [1.54, 1.807) is 0 Å². The summed E-state index contributed by atoms with van der Waals surface area (Å²) in [5.74, 6) is 0.0474. The lowest BCUT2D eigenvalue weighted by Crippen LogP contribution is -2.49. The zero-order valence-corrected chi connectivity index (χ0v) is 11.0. The summed E-state index contributed by atoms with van der Waals surface area (Å²) in [4.78, 5) is 12.6. The Bertz CT molecular complexity index is 268. The third-order valence-electron chi connectivity index (χ3n) is 3.17. The van der Waals surface area contributed by atoms with Gasteiger partial charge in [0.05, 0.1) is 10.4 Å². The van der Waals surface area contributed by atoms with Crippen molar-refractivity contribution in [2.24, 2.45) is 11.1 Å². The highest BCUT2D eigenvalue weighted by Gasteiger charge is 2.41. The van der Waals surface area contributed by atoms with Crippen LogP contribution in [-0.4, -0.2) is 16.9 Å². The molecule has 0 heterocycles. The molecule has 0 unspecified atom stereocenters. The highest BCUT2D eigenvalue weighted by atomic mass is 32.1. The first-order chi connectivity index (χ1) is 7.56. The first-order valence-electron chi connectivity index (χ1n) is 6.17. The van der Waals surface area contributed by atoms with Crippen LogP contribution in [0.4, 0.5) is 0 Å². The van der Waals surface area contributed by atoms with E-state index in [1.165, 1.54) is 0 Å². The fourth-order valence-corrected chi connectivity index (χ4v) is 2.41. The van der Waals surface area contributed by atoms with Crippen LogP contribution in [0.15, 0.2) is 0 Å². The van der Waals surface area contributed by atoms with E-state index in [4.69, 9.17) is 18.0 Å². The van der Waals surface area contributed by atoms with Gasteiger partial charge in [-0.15, -0.1) is 0 Å². The van der Waals surface area contributed by atoms with Crippen LogP contribution in [0.1, 0.15) is 52.4 Å². The van der Waals surface area contributed by atoms with Crippen LogP contribution in [0.25, 0.3) is 0 Å². The van der Waals surface area contributed by atoms with E-state index in [9.17, 15) is 4.79 Å². The van der Waals surface area contributed by atoms with Gasteiger partial charge >= 0.3 is 0 Å². The maximum Gasteiger partial charge on any atom is 0.233 e. The molecule has 3 N–H and O–H groups in total. The molecule has 0 aromatic carbocycles. The second-order valence-corrected chi connectivity index (χ2v) is 5.13. The number of nitrogens with two attached hydrogens (primary N) is 1. The minimum absolute atomic E-state index is 0.0474. The standard InChI is InChI=1S/C12H22N2OS/c1-3-7-12(8-4-2,10(13)16)11(15)14-9-5-6-9/h9H,3-8H2,1-2H3,(H2,13,16)(H,14,15). The monoisotopic (exact) mass is 242 g/mol. The van der Waals surface area contributed by atoms with E-state index >= 15 is 0 Å². The van der Waals surface area contributed by atoms with Crippen molar-refractivity contribution in [2.45, 2.75) is 58.4 Å². The molecule has 1 saturated carbocycles. The van der Waals surface area contributed by atoms with Gasteiger partial charge in [0.25, 0.3) is 0 Å². The number of thiocarbonyl (C=S) groups is 1. The number of amides is 1. The predicted molar refractivity (Wildman–Crippen MR) is 70.2 cm³/mol. The zero-order chi connectivity index (χ0) is 12.2. The van der Waals surface area contributed by atoms with Gasteiger partial charge in [0, 0.05) is 6.04 Å². The molecule has 1 aliphatic rings. The molecule has 0 spiro atoms. The summed E-state index contributed by atoms with van der Waals surface area (Å²) in [5.41, 5.74) is 5.20. The van der Waals surface area contributed by atoms with Gasteiger partial charge in [-0.2, -0.15) is 0 Å². The van der Waals surface area contributed by atoms with Gasteiger partial charge in [-0.3, -0.25) is 4.79 Å². The third kappa shape index (κ3) is 2.94. The van der Waals surface area contributed by atoms with Crippen molar-refractivity contribution in [1.82, 2.24) is 5.32 Å². The number of nitrogens with one attached hydrogen (secondary N) is 1. The Kier molecular flexibility index (Phi) is 4.71. The van der Waals surface area contributed by atoms with Crippen LogP contribution >= 0.6 is 12.2 Å². The van der Waals surface area contributed by atoms with Gasteiger partial charge < -0.3 is 11.1 Å². The van der Waals surface area contributed by atoms with E-state index in [0.717, 1.165) is 38.5 Å². The molecule has 0 saturated heterocycles. The van der Waals surface area contributed by atoms with Crippen LogP contribution in [0, 0.1) is 5.41 Å². The summed E-state index contributed by atoms with van der Waals surface area (Å²) < 4.78 is 0. The summed E-state index contributed by atoms with van der Waals surface area (Å²) in [6.45, 7) is 4.13. The molecule has 92 valence electrons. The van der Waals surface area contributed by atoms with Crippen molar-refractivity contribution >= 4 is 23.1 Å². The largest absolute Gasteiger partial charge is 0.392 e. The molecule has 0 bridgehead atoms. The summed E-state index contributed by atoms with van der Waals surface area (Å²) in [5, 5.41) is 3.04. The van der Waals surface area contributed by atoms with Gasteiger partial charge in [0.15, 0.2) is 0 Å². The molecule has 3 nitrogen and oxygen atoms in total. The summed E-state index contributed by atoms with van der Waals surface area (Å²) in [7, 11) is 0. The first-order valence-corrected chi connectivity index (χ1v) is 6.58. The minimum atomic E-state index is -0.610. The van der Waals surface area contributed by atoms with Crippen LogP contribution in [0.3, 0.4) is 0 Å². The number of carbonyl (C=O) groups is 1. The van der Waals surface area contributed by atoms with E-state index in [1.807, 2.05) is 0 Å². The van der Waals surface area contributed by atoms with Crippen molar-refractivity contribution in [2.75, 3.05) is 0 Å². The van der Waals surface area contributed by atoms with Crippen molar-refractivity contribution in [3.8, 4) is 0 Å². The van der Waals surface area contributed by atoms with Crippen LogP contribution in [0.2, 0.25) is 0 Å². The molecule has 0 atom stereocenters. The van der Waals surface area contributed by atoms with Gasteiger partial charge in [-0.25, -0.2) is 0 Å². The third-order valence-corrected chi connectivity index (χ3v) is 3.56.